The first-order valence-electron chi connectivity index (χ1n) is 7.04. The van der Waals surface area contributed by atoms with E-state index < -0.39 is 5.91 Å². The van der Waals surface area contributed by atoms with Crippen LogP contribution in [0.4, 0.5) is 0 Å². The van der Waals surface area contributed by atoms with Gasteiger partial charge in [0.05, 0.1) is 34.4 Å². The van der Waals surface area contributed by atoms with Crippen LogP contribution in [-0.4, -0.2) is 46.4 Å². The summed E-state index contributed by atoms with van der Waals surface area (Å²) in [5.41, 5.74) is 4.89. The van der Waals surface area contributed by atoms with Crippen LogP contribution in [-0.2, 0) is 9.53 Å². The topological polar surface area (TPSA) is 95.1 Å². The van der Waals surface area contributed by atoms with E-state index in [1.54, 1.807) is 0 Å². The molecule has 0 fully saturated rings. The first-order chi connectivity index (χ1) is 11.1. The number of amides is 2. The smallest absolute Gasteiger partial charge is 0.269 e. The Morgan fingerprint density at radius 3 is 2.09 bits per heavy atom. The van der Waals surface area contributed by atoms with E-state index in [4.69, 9.17) is 18.9 Å². The molecule has 1 rings (SSSR count). The lowest BCUT2D eigenvalue weighted by Gasteiger charge is -2.14. The highest BCUT2D eigenvalue weighted by molar-refractivity contribution is 5.96. The molecule has 0 unspecified atom stereocenters. The van der Waals surface area contributed by atoms with E-state index in [-0.39, 0.29) is 17.9 Å². The lowest BCUT2D eigenvalue weighted by molar-refractivity contribution is -0.122. The van der Waals surface area contributed by atoms with Gasteiger partial charge in [-0.05, 0) is 19.1 Å². The maximum Gasteiger partial charge on any atom is 0.269 e. The molecule has 128 valence electrons. The molecule has 1 aromatic carbocycles. The molecule has 0 heterocycles. The lowest BCUT2D eigenvalue weighted by Crippen LogP contribution is -2.42. The Labute approximate surface area is 135 Å². The van der Waals surface area contributed by atoms with Crippen molar-refractivity contribution in [3.05, 3.63) is 17.7 Å². The van der Waals surface area contributed by atoms with Gasteiger partial charge in [0.15, 0.2) is 11.5 Å². The molecule has 2 amide bonds. The molecule has 0 aliphatic rings. The van der Waals surface area contributed by atoms with Crippen molar-refractivity contribution in [2.75, 3.05) is 34.5 Å². The Balaban J connectivity index is 2.74. The van der Waals surface area contributed by atoms with Crippen molar-refractivity contribution in [2.45, 2.75) is 13.3 Å². The quantitative estimate of drug-likeness (QED) is 0.544. The number of hydrogen-bond donors (Lipinski definition) is 2. The van der Waals surface area contributed by atoms with Crippen molar-refractivity contribution in [1.82, 2.24) is 10.9 Å². The molecule has 0 spiro atoms. The van der Waals surface area contributed by atoms with Crippen molar-refractivity contribution in [3.63, 3.8) is 0 Å². The first kappa shape index (κ1) is 18.6. The van der Waals surface area contributed by atoms with Crippen LogP contribution in [0.2, 0.25) is 0 Å². The van der Waals surface area contributed by atoms with Crippen LogP contribution in [0.15, 0.2) is 12.1 Å². The summed E-state index contributed by atoms with van der Waals surface area (Å²) in [7, 11) is 4.38. The second kappa shape index (κ2) is 9.52. The van der Waals surface area contributed by atoms with Crippen LogP contribution in [0, 0.1) is 0 Å². The summed E-state index contributed by atoms with van der Waals surface area (Å²) in [5.74, 6) is 0.222. The van der Waals surface area contributed by atoms with Gasteiger partial charge in [0.2, 0.25) is 11.7 Å². The minimum absolute atomic E-state index is 0.156. The third-order valence-corrected chi connectivity index (χ3v) is 2.92. The van der Waals surface area contributed by atoms with E-state index in [1.807, 2.05) is 6.92 Å². The molecular formula is C15H22N2O6. The Kier molecular flexibility index (Phi) is 7.69. The molecule has 23 heavy (non-hydrogen) atoms. The molecule has 0 saturated carbocycles. The number of hydrogen-bond acceptors (Lipinski definition) is 6. The number of benzene rings is 1. The molecule has 8 heteroatoms. The van der Waals surface area contributed by atoms with E-state index >= 15 is 0 Å². The summed E-state index contributed by atoms with van der Waals surface area (Å²) in [6, 6.07) is 2.98. The highest BCUT2D eigenvalue weighted by Gasteiger charge is 2.17. The van der Waals surface area contributed by atoms with Gasteiger partial charge in [-0.3, -0.25) is 20.4 Å². The molecule has 0 saturated heterocycles. The second-order valence-corrected chi connectivity index (χ2v) is 4.36. The average molecular weight is 326 g/mol. The molecule has 8 nitrogen and oxygen atoms in total. The third-order valence-electron chi connectivity index (χ3n) is 2.92. The van der Waals surface area contributed by atoms with Crippen LogP contribution in [0.3, 0.4) is 0 Å². The molecule has 1 aromatic rings. The molecule has 0 atom stereocenters. The SMILES string of the molecule is CCOCCC(=O)NNC(=O)c1cc(OC)c(OC)c(OC)c1. The van der Waals surface area contributed by atoms with Crippen LogP contribution >= 0.6 is 0 Å². The Morgan fingerprint density at radius 2 is 1.61 bits per heavy atom. The Morgan fingerprint density at radius 1 is 1.00 bits per heavy atom. The summed E-state index contributed by atoms with van der Waals surface area (Å²) < 4.78 is 20.6. The van der Waals surface area contributed by atoms with Crippen LogP contribution in [0.25, 0.3) is 0 Å². The predicted molar refractivity (Wildman–Crippen MR) is 82.8 cm³/mol. The minimum atomic E-state index is -0.506. The van der Waals surface area contributed by atoms with Gasteiger partial charge in [0.25, 0.3) is 5.91 Å². The maximum absolute atomic E-state index is 12.1. The second-order valence-electron chi connectivity index (χ2n) is 4.36. The Hall–Kier alpha value is -2.48. The summed E-state index contributed by atoms with van der Waals surface area (Å²) >= 11 is 0. The standard InChI is InChI=1S/C15H22N2O6/c1-5-23-7-6-13(18)16-17-15(19)10-8-11(20-2)14(22-4)12(9-10)21-3/h8-9H,5-7H2,1-4H3,(H,16,18)(H,17,19). The summed E-state index contributed by atoms with van der Waals surface area (Å²) in [6.45, 7) is 2.66. The summed E-state index contributed by atoms with van der Waals surface area (Å²) in [4.78, 5) is 23.6. The van der Waals surface area contributed by atoms with E-state index in [0.29, 0.717) is 30.5 Å². The zero-order chi connectivity index (χ0) is 17.2. The number of hydrazine groups is 1. The predicted octanol–water partition coefficient (Wildman–Crippen LogP) is 0.900. The normalized spacial score (nSPS) is 9.91. The summed E-state index contributed by atoms with van der Waals surface area (Å²) in [5, 5.41) is 0. The fourth-order valence-corrected chi connectivity index (χ4v) is 1.78. The number of carbonyl (C=O) groups excluding carboxylic acids is 2. The van der Waals surface area contributed by atoms with Crippen LogP contribution < -0.4 is 25.1 Å². The number of carbonyl (C=O) groups is 2. The van der Waals surface area contributed by atoms with E-state index in [0.717, 1.165) is 0 Å². The van der Waals surface area contributed by atoms with E-state index in [1.165, 1.54) is 33.5 Å². The van der Waals surface area contributed by atoms with Crippen molar-refractivity contribution in [3.8, 4) is 17.2 Å². The maximum atomic E-state index is 12.1. The number of rotatable bonds is 8. The van der Waals surface area contributed by atoms with E-state index in [9.17, 15) is 9.59 Å². The molecule has 0 aromatic heterocycles. The van der Waals surface area contributed by atoms with Gasteiger partial charge >= 0.3 is 0 Å². The van der Waals surface area contributed by atoms with E-state index in [2.05, 4.69) is 10.9 Å². The van der Waals surface area contributed by atoms with Crippen molar-refractivity contribution >= 4 is 11.8 Å². The van der Waals surface area contributed by atoms with Gasteiger partial charge in [-0.2, -0.15) is 0 Å². The van der Waals surface area contributed by atoms with Crippen molar-refractivity contribution < 1.29 is 28.5 Å². The van der Waals surface area contributed by atoms with Gasteiger partial charge in [0, 0.05) is 12.2 Å². The molecule has 0 radical (unpaired) electrons. The lowest BCUT2D eigenvalue weighted by atomic mass is 10.1. The highest BCUT2D eigenvalue weighted by Crippen LogP contribution is 2.38. The van der Waals surface area contributed by atoms with Gasteiger partial charge in [-0.25, -0.2) is 0 Å². The first-order valence-corrected chi connectivity index (χ1v) is 7.04. The monoisotopic (exact) mass is 326 g/mol. The molecule has 0 aliphatic carbocycles. The zero-order valence-electron chi connectivity index (χ0n) is 13.7. The fraction of sp³-hybridized carbons (Fsp3) is 0.467. The van der Waals surface area contributed by atoms with Gasteiger partial charge in [0.1, 0.15) is 0 Å². The zero-order valence-corrected chi connectivity index (χ0v) is 13.7. The van der Waals surface area contributed by atoms with Crippen molar-refractivity contribution in [1.29, 1.82) is 0 Å². The van der Waals surface area contributed by atoms with Crippen LogP contribution in [0.5, 0.6) is 17.2 Å². The Bertz CT molecular complexity index is 522. The largest absolute Gasteiger partial charge is 0.493 e. The van der Waals surface area contributed by atoms with Crippen LogP contribution in [0.1, 0.15) is 23.7 Å². The molecule has 0 aliphatic heterocycles. The highest BCUT2D eigenvalue weighted by atomic mass is 16.5. The van der Waals surface area contributed by atoms with Gasteiger partial charge in [-0.1, -0.05) is 0 Å². The fourth-order valence-electron chi connectivity index (χ4n) is 1.78. The summed E-state index contributed by atoms with van der Waals surface area (Å²) in [6.07, 6.45) is 0.156. The molecule has 2 N–H and O–H groups in total. The average Bonchev–Trinajstić information content (AvgIpc) is 2.58. The van der Waals surface area contributed by atoms with Gasteiger partial charge in [-0.15, -0.1) is 0 Å². The van der Waals surface area contributed by atoms with Gasteiger partial charge < -0.3 is 18.9 Å². The van der Waals surface area contributed by atoms with Crippen molar-refractivity contribution in [2.24, 2.45) is 0 Å². The number of nitrogens with one attached hydrogen (secondary N) is 2. The third kappa shape index (κ3) is 5.33. The number of ether oxygens (including phenoxy) is 4. The molecular weight excluding hydrogens is 304 g/mol. The minimum Gasteiger partial charge on any atom is -0.493 e. The molecule has 0 bridgehead atoms. The number of methoxy groups -OCH3 is 3.